The van der Waals surface area contributed by atoms with Gasteiger partial charge in [0.1, 0.15) is 11.4 Å². The van der Waals surface area contributed by atoms with Crippen molar-refractivity contribution in [2.45, 2.75) is 12.8 Å². The highest BCUT2D eigenvalue weighted by molar-refractivity contribution is 9.10. The fourth-order valence-electron chi connectivity index (χ4n) is 3.03. The van der Waals surface area contributed by atoms with Crippen molar-refractivity contribution in [3.8, 4) is 6.07 Å². The van der Waals surface area contributed by atoms with Gasteiger partial charge in [0.15, 0.2) is 5.76 Å². The maximum atomic E-state index is 14.8. The predicted molar refractivity (Wildman–Crippen MR) is 105 cm³/mol. The largest absolute Gasteiger partial charge is 0.462 e. The summed E-state index contributed by atoms with van der Waals surface area (Å²) in [5.41, 5.74) is 6.74. The standard InChI is InChI=1S/C21H16BrFN2O3/c1-2-27-21(26)18-17(14-9-8-13(22)10-16(14)23)15(11-24)19(28-20(18)25)12-6-4-3-5-7-12/h3-10,17H,2,25H2,1H3. The highest BCUT2D eigenvalue weighted by Gasteiger charge is 2.39. The first-order valence-electron chi connectivity index (χ1n) is 8.47. The second kappa shape index (κ2) is 8.28. The second-order valence-corrected chi connectivity index (χ2v) is 6.84. The minimum atomic E-state index is -1.05. The average Bonchev–Trinajstić information content (AvgIpc) is 2.68. The first-order chi connectivity index (χ1) is 13.5. The SMILES string of the molecule is CCOC(=O)C1=C(N)OC(c2ccccc2)=C(C#N)C1c1ccc(Br)cc1F. The zero-order valence-electron chi connectivity index (χ0n) is 14.9. The molecule has 28 heavy (non-hydrogen) atoms. The van der Waals surface area contributed by atoms with E-state index >= 15 is 0 Å². The molecule has 0 aromatic heterocycles. The Labute approximate surface area is 170 Å². The molecular formula is C21H16BrFN2O3. The number of allylic oxidation sites excluding steroid dienone is 1. The van der Waals surface area contributed by atoms with Gasteiger partial charge in [-0.15, -0.1) is 0 Å². The van der Waals surface area contributed by atoms with Gasteiger partial charge in [-0.3, -0.25) is 0 Å². The van der Waals surface area contributed by atoms with Crippen LogP contribution in [0.3, 0.4) is 0 Å². The van der Waals surface area contributed by atoms with Crippen molar-refractivity contribution >= 4 is 27.7 Å². The number of hydrogen-bond donors (Lipinski definition) is 1. The summed E-state index contributed by atoms with van der Waals surface area (Å²) in [5.74, 6) is -2.44. The minimum absolute atomic E-state index is 0.0738. The van der Waals surface area contributed by atoms with Gasteiger partial charge in [-0.1, -0.05) is 52.3 Å². The lowest BCUT2D eigenvalue weighted by Gasteiger charge is -2.28. The summed E-state index contributed by atoms with van der Waals surface area (Å²) in [7, 11) is 0. The van der Waals surface area contributed by atoms with Gasteiger partial charge in [-0.2, -0.15) is 5.26 Å². The number of nitriles is 1. The molecule has 1 heterocycles. The third-order valence-corrected chi connectivity index (χ3v) is 4.72. The number of carbonyl (C=O) groups excluding carboxylic acids is 1. The highest BCUT2D eigenvalue weighted by Crippen LogP contribution is 2.43. The molecule has 1 aliphatic rings. The van der Waals surface area contributed by atoms with E-state index in [-0.39, 0.29) is 35.0 Å². The Bertz CT molecular complexity index is 1030. The zero-order valence-corrected chi connectivity index (χ0v) is 16.5. The maximum absolute atomic E-state index is 14.8. The van der Waals surface area contributed by atoms with Crippen LogP contribution < -0.4 is 5.73 Å². The van der Waals surface area contributed by atoms with Crippen molar-refractivity contribution in [2.24, 2.45) is 5.73 Å². The van der Waals surface area contributed by atoms with Crippen LogP contribution >= 0.6 is 15.9 Å². The van der Waals surface area contributed by atoms with Gasteiger partial charge < -0.3 is 15.2 Å². The molecule has 2 aromatic rings. The molecule has 0 fully saturated rings. The molecule has 1 atom stereocenters. The maximum Gasteiger partial charge on any atom is 0.340 e. The van der Waals surface area contributed by atoms with Crippen LogP contribution in [0.2, 0.25) is 0 Å². The van der Waals surface area contributed by atoms with Gasteiger partial charge in [0.2, 0.25) is 5.88 Å². The van der Waals surface area contributed by atoms with Crippen LogP contribution in [0, 0.1) is 17.1 Å². The summed E-state index contributed by atoms with van der Waals surface area (Å²) in [4.78, 5) is 12.6. The van der Waals surface area contributed by atoms with E-state index in [4.69, 9.17) is 15.2 Å². The second-order valence-electron chi connectivity index (χ2n) is 5.92. The third kappa shape index (κ3) is 3.64. The van der Waals surface area contributed by atoms with E-state index in [1.165, 1.54) is 12.1 Å². The van der Waals surface area contributed by atoms with Crippen LogP contribution in [-0.2, 0) is 14.3 Å². The number of benzene rings is 2. The quantitative estimate of drug-likeness (QED) is 0.710. The van der Waals surface area contributed by atoms with E-state index in [2.05, 4.69) is 22.0 Å². The van der Waals surface area contributed by atoms with Crippen LogP contribution in [0.5, 0.6) is 0 Å². The molecule has 1 unspecified atom stereocenters. The zero-order chi connectivity index (χ0) is 20.3. The van der Waals surface area contributed by atoms with Gasteiger partial charge in [0.25, 0.3) is 0 Å². The van der Waals surface area contributed by atoms with Crippen LogP contribution in [0.15, 0.2) is 70.0 Å². The van der Waals surface area contributed by atoms with E-state index in [0.717, 1.165) is 0 Å². The number of rotatable bonds is 4. The van der Waals surface area contributed by atoms with Crippen LogP contribution in [0.1, 0.15) is 24.0 Å². The van der Waals surface area contributed by atoms with Crippen LogP contribution in [0.4, 0.5) is 4.39 Å². The van der Waals surface area contributed by atoms with Gasteiger partial charge in [0.05, 0.1) is 24.2 Å². The Morgan fingerprint density at radius 2 is 2.04 bits per heavy atom. The Kier molecular flexibility index (Phi) is 5.81. The molecule has 0 aliphatic carbocycles. The fourth-order valence-corrected chi connectivity index (χ4v) is 3.36. The Morgan fingerprint density at radius 3 is 2.64 bits per heavy atom. The van der Waals surface area contributed by atoms with Gasteiger partial charge in [-0.25, -0.2) is 9.18 Å². The smallest absolute Gasteiger partial charge is 0.340 e. The summed E-state index contributed by atoms with van der Waals surface area (Å²) < 4.78 is 26.1. The molecule has 0 saturated carbocycles. The number of esters is 1. The van der Waals surface area contributed by atoms with Crippen molar-refractivity contribution in [1.29, 1.82) is 5.26 Å². The van der Waals surface area contributed by atoms with E-state index in [9.17, 15) is 14.4 Å². The summed E-state index contributed by atoms with van der Waals surface area (Å²) in [5, 5.41) is 9.88. The molecule has 0 bridgehead atoms. The molecule has 0 radical (unpaired) electrons. The number of nitrogens with zero attached hydrogens (tertiary/aromatic N) is 1. The predicted octanol–water partition coefficient (Wildman–Crippen LogP) is 4.37. The van der Waals surface area contributed by atoms with Gasteiger partial charge in [0, 0.05) is 15.6 Å². The van der Waals surface area contributed by atoms with Crippen molar-refractivity contribution in [3.63, 3.8) is 0 Å². The number of carbonyl (C=O) groups is 1. The van der Waals surface area contributed by atoms with Crippen molar-refractivity contribution in [1.82, 2.24) is 0 Å². The van der Waals surface area contributed by atoms with Crippen molar-refractivity contribution in [2.75, 3.05) is 6.61 Å². The van der Waals surface area contributed by atoms with E-state index in [1.54, 1.807) is 37.3 Å². The van der Waals surface area contributed by atoms with Crippen LogP contribution in [0.25, 0.3) is 5.76 Å². The summed E-state index contributed by atoms with van der Waals surface area (Å²) in [6.45, 7) is 1.74. The summed E-state index contributed by atoms with van der Waals surface area (Å²) in [6, 6.07) is 15.3. The van der Waals surface area contributed by atoms with Crippen molar-refractivity contribution < 1.29 is 18.7 Å². The first kappa shape index (κ1) is 19.6. The molecular weight excluding hydrogens is 427 g/mol. The minimum Gasteiger partial charge on any atom is -0.462 e. The molecule has 1 aliphatic heterocycles. The summed E-state index contributed by atoms with van der Waals surface area (Å²) in [6.07, 6.45) is 0. The first-order valence-corrected chi connectivity index (χ1v) is 9.26. The Morgan fingerprint density at radius 1 is 1.32 bits per heavy atom. The highest BCUT2D eigenvalue weighted by atomic mass is 79.9. The van der Waals surface area contributed by atoms with Crippen molar-refractivity contribution in [3.05, 3.63) is 87.0 Å². The molecule has 142 valence electrons. The molecule has 7 heteroatoms. The molecule has 5 nitrogen and oxygen atoms in total. The lowest BCUT2D eigenvalue weighted by atomic mass is 9.82. The van der Waals surface area contributed by atoms with Crippen LogP contribution in [-0.4, -0.2) is 12.6 Å². The number of ether oxygens (including phenoxy) is 2. The Hall–Kier alpha value is -3.11. The van der Waals surface area contributed by atoms with Gasteiger partial charge in [-0.05, 0) is 19.1 Å². The van der Waals surface area contributed by atoms with Gasteiger partial charge >= 0.3 is 5.97 Å². The Balaban J connectivity index is 2.27. The number of hydrogen-bond acceptors (Lipinski definition) is 5. The molecule has 2 N–H and O–H groups in total. The molecule has 0 spiro atoms. The molecule has 0 saturated heterocycles. The average molecular weight is 443 g/mol. The monoisotopic (exact) mass is 442 g/mol. The fraction of sp³-hybridized carbons (Fsp3) is 0.143. The number of halogens is 2. The topological polar surface area (TPSA) is 85.3 Å². The number of nitrogens with two attached hydrogens (primary N) is 1. The third-order valence-electron chi connectivity index (χ3n) is 4.22. The van der Waals surface area contributed by atoms with E-state index in [0.29, 0.717) is 10.0 Å². The summed E-state index contributed by atoms with van der Waals surface area (Å²) >= 11 is 3.21. The normalized spacial score (nSPS) is 16.4. The lowest BCUT2D eigenvalue weighted by molar-refractivity contribution is -0.139. The molecule has 0 amide bonds. The van der Waals surface area contributed by atoms with E-state index < -0.39 is 17.7 Å². The van der Waals surface area contributed by atoms with E-state index in [1.807, 2.05) is 6.07 Å². The lowest BCUT2D eigenvalue weighted by Crippen LogP contribution is -2.27. The molecule has 3 rings (SSSR count). The molecule has 2 aromatic carbocycles.